The monoisotopic (exact) mass is 375 g/mol. The van der Waals surface area contributed by atoms with Gasteiger partial charge < -0.3 is 19.5 Å². The Kier molecular flexibility index (Phi) is 7.16. The molecule has 7 heteroatoms. The number of halogens is 1. The van der Waals surface area contributed by atoms with E-state index in [-0.39, 0.29) is 5.56 Å². The number of aryl methyl sites for hydroxylation is 1. The van der Waals surface area contributed by atoms with Gasteiger partial charge >= 0.3 is 5.97 Å². The van der Waals surface area contributed by atoms with Gasteiger partial charge in [-0.3, -0.25) is 4.79 Å². The third kappa shape index (κ3) is 5.70. The summed E-state index contributed by atoms with van der Waals surface area (Å²) in [7, 11) is 1.47. The lowest BCUT2D eigenvalue weighted by molar-refractivity contribution is -0.119. The van der Waals surface area contributed by atoms with Gasteiger partial charge in [0.15, 0.2) is 18.1 Å². The molecule has 0 radical (unpaired) electrons. The van der Waals surface area contributed by atoms with Crippen molar-refractivity contribution in [3.05, 3.63) is 53.3 Å². The van der Waals surface area contributed by atoms with Crippen molar-refractivity contribution in [3.63, 3.8) is 0 Å². The first-order chi connectivity index (χ1) is 12.9. The molecule has 0 bridgehead atoms. The number of benzene rings is 2. The molecule has 0 aliphatic rings. The van der Waals surface area contributed by atoms with Crippen LogP contribution in [0.3, 0.4) is 0 Å². The molecule has 0 unspecified atom stereocenters. The molecule has 0 aliphatic carbocycles. The van der Waals surface area contributed by atoms with Crippen molar-refractivity contribution in [1.29, 1.82) is 0 Å². The average molecular weight is 375 g/mol. The molecular weight excluding hydrogens is 353 g/mol. The minimum atomic E-state index is -0.680. The Morgan fingerprint density at radius 1 is 1.11 bits per heavy atom. The molecule has 0 saturated heterocycles. The third-order valence-corrected chi connectivity index (χ3v) is 3.65. The number of anilines is 1. The first kappa shape index (κ1) is 20.2. The van der Waals surface area contributed by atoms with E-state index in [1.54, 1.807) is 25.1 Å². The van der Waals surface area contributed by atoms with Crippen LogP contribution in [0.25, 0.3) is 0 Å². The summed E-state index contributed by atoms with van der Waals surface area (Å²) in [4.78, 5) is 24.0. The van der Waals surface area contributed by atoms with Crippen molar-refractivity contribution in [3.8, 4) is 11.5 Å². The fourth-order valence-corrected chi connectivity index (χ4v) is 2.21. The highest BCUT2D eigenvalue weighted by Crippen LogP contribution is 2.28. The van der Waals surface area contributed by atoms with Gasteiger partial charge in [-0.1, -0.05) is 13.0 Å². The maximum atomic E-state index is 13.5. The van der Waals surface area contributed by atoms with Crippen LogP contribution in [0.15, 0.2) is 36.4 Å². The number of rotatable bonds is 8. The van der Waals surface area contributed by atoms with Crippen LogP contribution in [0.1, 0.15) is 29.3 Å². The molecule has 144 valence electrons. The Morgan fingerprint density at radius 2 is 1.89 bits per heavy atom. The Bertz CT molecular complexity index is 822. The summed E-state index contributed by atoms with van der Waals surface area (Å²) in [6.45, 7) is 3.63. The van der Waals surface area contributed by atoms with Crippen LogP contribution in [-0.2, 0) is 9.53 Å². The molecule has 0 atom stereocenters. The number of hydrogen-bond donors (Lipinski definition) is 1. The summed E-state index contributed by atoms with van der Waals surface area (Å²) in [5, 5.41) is 2.47. The van der Waals surface area contributed by atoms with Gasteiger partial charge in [0.2, 0.25) is 0 Å². The quantitative estimate of drug-likeness (QED) is 0.712. The highest BCUT2D eigenvalue weighted by molar-refractivity contribution is 5.95. The van der Waals surface area contributed by atoms with Crippen LogP contribution < -0.4 is 14.8 Å². The predicted molar refractivity (Wildman–Crippen MR) is 98.8 cm³/mol. The third-order valence-electron chi connectivity index (χ3n) is 3.65. The molecule has 0 aliphatic heterocycles. The van der Waals surface area contributed by atoms with E-state index in [9.17, 15) is 14.0 Å². The van der Waals surface area contributed by atoms with Crippen LogP contribution in [0.5, 0.6) is 11.5 Å². The number of nitrogens with one attached hydrogen (secondary N) is 1. The minimum Gasteiger partial charge on any atom is -0.493 e. The Balaban J connectivity index is 1.94. The van der Waals surface area contributed by atoms with Crippen molar-refractivity contribution < 1.29 is 28.2 Å². The van der Waals surface area contributed by atoms with Crippen molar-refractivity contribution in [2.45, 2.75) is 20.3 Å². The zero-order chi connectivity index (χ0) is 19.8. The first-order valence-electron chi connectivity index (χ1n) is 8.48. The highest BCUT2D eigenvalue weighted by Gasteiger charge is 2.14. The number of hydrogen-bond acceptors (Lipinski definition) is 5. The summed E-state index contributed by atoms with van der Waals surface area (Å²) >= 11 is 0. The van der Waals surface area contributed by atoms with Gasteiger partial charge in [0.1, 0.15) is 5.82 Å². The lowest BCUT2D eigenvalue weighted by atomic mass is 10.2. The summed E-state index contributed by atoms with van der Waals surface area (Å²) in [6.07, 6.45) is 0.840. The van der Waals surface area contributed by atoms with Gasteiger partial charge in [-0.05, 0) is 49.2 Å². The lowest BCUT2D eigenvalue weighted by Crippen LogP contribution is -2.21. The second-order valence-electron chi connectivity index (χ2n) is 5.80. The summed E-state index contributed by atoms with van der Waals surface area (Å²) < 4.78 is 29.2. The van der Waals surface area contributed by atoms with Gasteiger partial charge in [0.25, 0.3) is 5.91 Å². The standard InChI is InChI=1S/C20H22FNO5/c1-4-9-26-17-8-6-14(10-18(17)25-3)20(24)27-12-19(23)22-15-7-5-13(2)16(21)11-15/h5-8,10-11H,4,9,12H2,1-3H3,(H,22,23). The molecule has 0 heterocycles. The Morgan fingerprint density at radius 3 is 2.56 bits per heavy atom. The normalized spacial score (nSPS) is 10.2. The molecule has 2 aromatic rings. The molecule has 1 amide bonds. The molecule has 2 rings (SSSR count). The fraction of sp³-hybridized carbons (Fsp3) is 0.300. The number of methoxy groups -OCH3 is 1. The van der Waals surface area contributed by atoms with Crippen LogP contribution in [0.4, 0.5) is 10.1 Å². The van der Waals surface area contributed by atoms with E-state index < -0.39 is 24.3 Å². The second kappa shape index (κ2) is 9.56. The van der Waals surface area contributed by atoms with E-state index in [1.165, 1.54) is 25.3 Å². The zero-order valence-corrected chi connectivity index (χ0v) is 15.5. The molecular formula is C20H22FNO5. The number of amides is 1. The molecule has 6 nitrogen and oxygen atoms in total. The van der Waals surface area contributed by atoms with Crippen molar-refractivity contribution in [2.75, 3.05) is 25.6 Å². The summed E-state index contributed by atoms with van der Waals surface area (Å²) in [6, 6.07) is 8.95. The van der Waals surface area contributed by atoms with Gasteiger partial charge in [-0.25, -0.2) is 9.18 Å². The fourth-order valence-electron chi connectivity index (χ4n) is 2.21. The van der Waals surface area contributed by atoms with E-state index in [0.29, 0.717) is 29.4 Å². The van der Waals surface area contributed by atoms with Gasteiger partial charge in [-0.2, -0.15) is 0 Å². The molecule has 27 heavy (non-hydrogen) atoms. The molecule has 1 N–H and O–H groups in total. The number of carbonyl (C=O) groups is 2. The Labute approximate surface area is 157 Å². The van der Waals surface area contributed by atoms with E-state index in [4.69, 9.17) is 14.2 Å². The van der Waals surface area contributed by atoms with Crippen LogP contribution in [0.2, 0.25) is 0 Å². The van der Waals surface area contributed by atoms with Crippen LogP contribution in [-0.4, -0.2) is 32.2 Å². The van der Waals surface area contributed by atoms with E-state index in [2.05, 4.69) is 5.32 Å². The number of ether oxygens (including phenoxy) is 3. The lowest BCUT2D eigenvalue weighted by Gasteiger charge is -2.11. The smallest absolute Gasteiger partial charge is 0.338 e. The number of esters is 1. The zero-order valence-electron chi connectivity index (χ0n) is 15.5. The van der Waals surface area contributed by atoms with Gasteiger partial charge in [0.05, 0.1) is 19.3 Å². The van der Waals surface area contributed by atoms with Crippen LogP contribution in [0, 0.1) is 12.7 Å². The SMILES string of the molecule is CCCOc1ccc(C(=O)OCC(=O)Nc2ccc(C)c(F)c2)cc1OC. The van der Waals surface area contributed by atoms with Crippen molar-refractivity contribution in [1.82, 2.24) is 0 Å². The summed E-state index contributed by atoms with van der Waals surface area (Å²) in [5.74, 6) is -0.753. The highest BCUT2D eigenvalue weighted by atomic mass is 19.1. The Hall–Kier alpha value is -3.09. The van der Waals surface area contributed by atoms with E-state index >= 15 is 0 Å². The van der Waals surface area contributed by atoms with Gasteiger partial charge in [-0.15, -0.1) is 0 Å². The molecule has 0 spiro atoms. The maximum Gasteiger partial charge on any atom is 0.338 e. The predicted octanol–water partition coefficient (Wildman–Crippen LogP) is 3.73. The van der Waals surface area contributed by atoms with Crippen LogP contribution >= 0.6 is 0 Å². The average Bonchev–Trinajstić information content (AvgIpc) is 2.67. The number of carbonyl (C=O) groups excluding carboxylic acids is 2. The maximum absolute atomic E-state index is 13.5. The van der Waals surface area contributed by atoms with Crippen molar-refractivity contribution in [2.24, 2.45) is 0 Å². The molecule has 2 aromatic carbocycles. The van der Waals surface area contributed by atoms with Crippen molar-refractivity contribution >= 4 is 17.6 Å². The van der Waals surface area contributed by atoms with Gasteiger partial charge in [0, 0.05) is 5.69 Å². The molecule has 0 saturated carbocycles. The minimum absolute atomic E-state index is 0.227. The second-order valence-corrected chi connectivity index (χ2v) is 5.80. The topological polar surface area (TPSA) is 73.9 Å². The van der Waals surface area contributed by atoms with E-state index in [1.807, 2.05) is 6.92 Å². The first-order valence-corrected chi connectivity index (χ1v) is 8.48. The summed E-state index contributed by atoms with van der Waals surface area (Å²) in [5.41, 5.74) is 0.989. The largest absolute Gasteiger partial charge is 0.493 e. The molecule has 0 fully saturated rings. The van der Waals surface area contributed by atoms with E-state index in [0.717, 1.165) is 6.42 Å². The molecule has 0 aromatic heterocycles.